The van der Waals surface area contributed by atoms with E-state index in [0.29, 0.717) is 36.1 Å². The molecule has 7 nitrogen and oxygen atoms in total. The van der Waals surface area contributed by atoms with E-state index in [9.17, 15) is 9.59 Å². The number of benzene rings is 2. The maximum Gasteiger partial charge on any atom is 0.289 e. The average Bonchev–Trinajstić information content (AvgIpc) is 3.33. The highest BCUT2D eigenvalue weighted by Crippen LogP contribution is 2.34. The highest BCUT2D eigenvalue weighted by Gasteiger charge is 2.25. The number of nitrogens with zero attached hydrogens (tertiary/aromatic N) is 1. The SMILES string of the molecule is COc1cc2c(cc1OC)CN(C(=O)c1ccc(-c3ccc(NC(=O)C(C)C)cc3)o1)CC2. The van der Waals surface area contributed by atoms with Crippen LogP contribution in [0.4, 0.5) is 5.69 Å². The van der Waals surface area contributed by atoms with E-state index < -0.39 is 0 Å². The summed E-state index contributed by atoms with van der Waals surface area (Å²) in [5, 5.41) is 2.86. The fraction of sp³-hybridized carbons (Fsp3) is 0.308. The zero-order chi connectivity index (χ0) is 23.5. The number of carbonyl (C=O) groups is 2. The van der Waals surface area contributed by atoms with Gasteiger partial charge >= 0.3 is 0 Å². The van der Waals surface area contributed by atoms with Gasteiger partial charge in [-0.25, -0.2) is 0 Å². The molecular formula is C26H28N2O5. The van der Waals surface area contributed by atoms with Crippen LogP contribution in [0.25, 0.3) is 11.3 Å². The van der Waals surface area contributed by atoms with Crippen molar-refractivity contribution in [3.05, 3.63) is 65.4 Å². The zero-order valence-electron chi connectivity index (χ0n) is 19.3. The van der Waals surface area contributed by atoms with Crippen molar-refractivity contribution in [2.75, 3.05) is 26.1 Å². The van der Waals surface area contributed by atoms with Crippen LogP contribution in [0.2, 0.25) is 0 Å². The highest BCUT2D eigenvalue weighted by atomic mass is 16.5. The summed E-state index contributed by atoms with van der Waals surface area (Å²) in [5.74, 6) is 1.97. The lowest BCUT2D eigenvalue weighted by Crippen LogP contribution is -2.35. The second-order valence-electron chi connectivity index (χ2n) is 8.34. The maximum absolute atomic E-state index is 13.1. The third-order valence-corrected chi connectivity index (χ3v) is 5.78. The number of rotatable bonds is 6. The fourth-order valence-electron chi connectivity index (χ4n) is 3.82. The first-order valence-corrected chi connectivity index (χ1v) is 10.9. The minimum absolute atomic E-state index is 0.0344. The van der Waals surface area contributed by atoms with Gasteiger partial charge in [-0.1, -0.05) is 13.8 Å². The van der Waals surface area contributed by atoms with Crippen molar-refractivity contribution in [2.24, 2.45) is 5.92 Å². The molecule has 1 aliphatic rings. The fourth-order valence-corrected chi connectivity index (χ4v) is 3.82. The summed E-state index contributed by atoms with van der Waals surface area (Å²) < 4.78 is 16.7. The van der Waals surface area contributed by atoms with Crippen molar-refractivity contribution in [2.45, 2.75) is 26.8 Å². The summed E-state index contributed by atoms with van der Waals surface area (Å²) in [4.78, 5) is 26.7. The molecule has 0 bridgehead atoms. The van der Waals surface area contributed by atoms with Gasteiger partial charge in [-0.3, -0.25) is 9.59 Å². The van der Waals surface area contributed by atoms with Gasteiger partial charge in [0.25, 0.3) is 5.91 Å². The smallest absolute Gasteiger partial charge is 0.289 e. The van der Waals surface area contributed by atoms with Gasteiger partial charge in [-0.05, 0) is 66.1 Å². The summed E-state index contributed by atoms with van der Waals surface area (Å²) in [6.07, 6.45) is 0.735. The number of methoxy groups -OCH3 is 2. The summed E-state index contributed by atoms with van der Waals surface area (Å²) in [6, 6.07) is 14.8. The van der Waals surface area contributed by atoms with E-state index in [-0.39, 0.29) is 17.7 Å². The number of amides is 2. The number of anilines is 1. The molecule has 0 saturated carbocycles. The van der Waals surface area contributed by atoms with Crippen molar-refractivity contribution in [3.63, 3.8) is 0 Å². The van der Waals surface area contributed by atoms with Crippen LogP contribution in [-0.2, 0) is 17.8 Å². The number of ether oxygens (including phenoxy) is 2. The highest BCUT2D eigenvalue weighted by molar-refractivity contribution is 5.93. The standard InChI is InChI=1S/C26H28N2O5/c1-16(2)25(29)27-20-7-5-17(6-8-20)21-9-10-22(33-21)26(30)28-12-11-18-13-23(31-3)24(32-4)14-19(18)15-28/h5-10,13-14,16H,11-12,15H2,1-4H3,(H,27,29). The summed E-state index contributed by atoms with van der Waals surface area (Å²) >= 11 is 0. The number of carbonyl (C=O) groups excluding carboxylic acids is 2. The molecule has 2 amide bonds. The molecule has 0 aliphatic carbocycles. The van der Waals surface area contributed by atoms with Gasteiger partial charge in [-0.2, -0.15) is 0 Å². The van der Waals surface area contributed by atoms with Gasteiger partial charge < -0.3 is 24.1 Å². The van der Waals surface area contributed by atoms with Crippen molar-refractivity contribution in [3.8, 4) is 22.8 Å². The second-order valence-corrected chi connectivity index (χ2v) is 8.34. The molecular weight excluding hydrogens is 420 g/mol. The number of nitrogens with one attached hydrogen (secondary N) is 1. The van der Waals surface area contributed by atoms with E-state index in [0.717, 1.165) is 28.8 Å². The molecule has 1 aliphatic heterocycles. The number of fused-ring (bicyclic) bond motifs is 1. The molecule has 1 aromatic heterocycles. The Labute approximate surface area is 193 Å². The molecule has 3 aromatic rings. The molecule has 1 N–H and O–H groups in total. The number of hydrogen-bond acceptors (Lipinski definition) is 5. The molecule has 33 heavy (non-hydrogen) atoms. The first-order valence-electron chi connectivity index (χ1n) is 10.9. The van der Waals surface area contributed by atoms with Crippen LogP contribution < -0.4 is 14.8 Å². The van der Waals surface area contributed by atoms with Gasteiger partial charge in [0, 0.05) is 30.3 Å². The largest absolute Gasteiger partial charge is 0.493 e. The Morgan fingerprint density at radius 3 is 2.27 bits per heavy atom. The van der Waals surface area contributed by atoms with Crippen molar-refractivity contribution >= 4 is 17.5 Å². The molecule has 2 aromatic carbocycles. The quantitative estimate of drug-likeness (QED) is 0.588. The first-order chi connectivity index (χ1) is 15.9. The number of furan rings is 1. The van der Waals surface area contributed by atoms with Crippen LogP contribution in [0.1, 0.15) is 35.5 Å². The molecule has 0 atom stereocenters. The van der Waals surface area contributed by atoms with Crippen LogP contribution in [0.3, 0.4) is 0 Å². The Kier molecular flexibility index (Phi) is 6.40. The molecule has 0 fully saturated rings. The molecule has 0 radical (unpaired) electrons. The van der Waals surface area contributed by atoms with E-state index in [1.165, 1.54) is 0 Å². The molecule has 0 saturated heterocycles. The van der Waals surface area contributed by atoms with Gasteiger partial charge in [0.2, 0.25) is 5.91 Å². The maximum atomic E-state index is 13.1. The molecule has 0 unspecified atom stereocenters. The topological polar surface area (TPSA) is 81.0 Å². The van der Waals surface area contributed by atoms with Crippen molar-refractivity contribution < 1.29 is 23.5 Å². The lowest BCUT2D eigenvalue weighted by Gasteiger charge is -2.29. The molecule has 4 rings (SSSR count). The van der Waals surface area contributed by atoms with E-state index >= 15 is 0 Å². The van der Waals surface area contributed by atoms with E-state index in [1.54, 1.807) is 31.3 Å². The number of hydrogen-bond donors (Lipinski definition) is 1. The molecule has 0 spiro atoms. The van der Waals surface area contributed by atoms with Gasteiger partial charge in [0.15, 0.2) is 17.3 Å². The van der Waals surface area contributed by atoms with E-state index in [1.807, 2.05) is 50.2 Å². The summed E-state index contributed by atoms with van der Waals surface area (Å²) in [6.45, 7) is 4.77. The van der Waals surface area contributed by atoms with E-state index in [4.69, 9.17) is 13.9 Å². The molecule has 2 heterocycles. The average molecular weight is 449 g/mol. The monoisotopic (exact) mass is 448 g/mol. The van der Waals surface area contributed by atoms with E-state index in [2.05, 4.69) is 5.32 Å². The Bertz CT molecular complexity index is 1160. The van der Waals surface area contributed by atoms with Crippen LogP contribution in [0, 0.1) is 5.92 Å². The Hall–Kier alpha value is -3.74. The minimum atomic E-state index is -0.150. The summed E-state index contributed by atoms with van der Waals surface area (Å²) in [5.41, 5.74) is 3.75. The summed E-state index contributed by atoms with van der Waals surface area (Å²) in [7, 11) is 3.22. The third-order valence-electron chi connectivity index (χ3n) is 5.78. The Morgan fingerprint density at radius 2 is 1.64 bits per heavy atom. The predicted octanol–water partition coefficient (Wildman–Crippen LogP) is 4.76. The van der Waals surface area contributed by atoms with Gasteiger partial charge in [0.05, 0.1) is 14.2 Å². The Morgan fingerprint density at radius 1 is 0.970 bits per heavy atom. The van der Waals surface area contributed by atoms with Crippen molar-refractivity contribution in [1.29, 1.82) is 0 Å². The predicted molar refractivity (Wildman–Crippen MR) is 126 cm³/mol. The molecule has 172 valence electrons. The molecule has 7 heteroatoms. The third kappa shape index (κ3) is 4.72. The second kappa shape index (κ2) is 9.40. The van der Waals surface area contributed by atoms with Gasteiger partial charge in [-0.15, -0.1) is 0 Å². The van der Waals surface area contributed by atoms with Crippen molar-refractivity contribution in [1.82, 2.24) is 4.90 Å². The normalized spacial score (nSPS) is 12.9. The Balaban J connectivity index is 1.47. The van der Waals surface area contributed by atoms with Crippen LogP contribution >= 0.6 is 0 Å². The lowest BCUT2D eigenvalue weighted by molar-refractivity contribution is -0.118. The lowest BCUT2D eigenvalue weighted by atomic mass is 9.98. The minimum Gasteiger partial charge on any atom is -0.493 e. The van der Waals surface area contributed by atoms with Crippen LogP contribution in [-0.4, -0.2) is 37.5 Å². The zero-order valence-corrected chi connectivity index (χ0v) is 19.3. The first kappa shape index (κ1) is 22.5. The van der Waals surface area contributed by atoms with Crippen LogP contribution in [0.15, 0.2) is 52.9 Å². The van der Waals surface area contributed by atoms with Gasteiger partial charge in [0.1, 0.15) is 5.76 Å². The van der Waals surface area contributed by atoms with Crippen LogP contribution in [0.5, 0.6) is 11.5 Å².